The lowest BCUT2D eigenvalue weighted by atomic mass is 10.1. The molecule has 2 aromatic heterocycles. The summed E-state index contributed by atoms with van der Waals surface area (Å²) in [6, 6.07) is 8.45. The molecule has 0 N–H and O–H groups in total. The molecule has 2 saturated heterocycles. The van der Waals surface area contributed by atoms with Gasteiger partial charge in [-0.1, -0.05) is 41.5 Å². The van der Waals surface area contributed by atoms with E-state index in [1.807, 2.05) is 35.0 Å². The lowest BCUT2D eigenvalue weighted by Gasteiger charge is -2.39. The van der Waals surface area contributed by atoms with Gasteiger partial charge in [-0.2, -0.15) is 0 Å². The van der Waals surface area contributed by atoms with E-state index in [0.29, 0.717) is 6.04 Å². The van der Waals surface area contributed by atoms with Crippen LogP contribution < -0.4 is 4.90 Å². The molecule has 0 bridgehead atoms. The third-order valence-corrected chi connectivity index (χ3v) is 7.38. The maximum Gasteiger partial charge on any atom is 0.214 e. The quantitative estimate of drug-likeness (QED) is 0.633. The van der Waals surface area contributed by atoms with Gasteiger partial charge >= 0.3 is 0 Å². The van der Waals surface area contributed by atoms with Crippen LogP contribution in [0.5, 0.6) is 0 Å². The second-order valence-electron chi connectivity index (χ2n) is 8.18. The van der Waals surface area contributed by atoms with Crippen LogP contribution in [0, 0.1) is 0 Å². The molecule has 3 aromatic rings. The van der Waals surface area contributed by atoms with Crippen molar-refractivity contribution >= 4 is 33.0 Å². The predicted molar refractivity (Wildman–Crippen MR) is 120 cm³/mol. The molecule has 1 unspecified atom stereocenters. The molecule has 4 heterocycles. The van der Waals surface area contributed by atoms with Crippen LogP contribution in [0.15, 0.2) is 30.5 Å². The van der Waals surface area contributed by atoms with Crippen LogP contribution in [0.2, 0.25) is 5.02 Å². The fraction of sp³-hybridized carbons (Fsp3) is 0.524. The molecule has 2 fully saturated rings. The van der Waals surface area contributed by atoms with E-state index in [1.165, 1.54) is 45.4 Å². The standard InChI is InChI=1S/C21H27ClN6S/c1-25-10-12-26(13-11-25)18-4-2-3-9-27(14-18)21-24-28-15-19(23-20(28)29-21)16-5-7-17(22)8-6-16/h5-8,15,18H,2-4,9-14H2,1H3. The molecule has 6 nitrogen and oxygen atoms in total. The molecule has 2 aliphatic heterocycles. The van der Waals surface area contributed by atoms with Crippen LogP contribution >= 0.6 is 22.9 Å². The number of hydrogen-bond donors (Lipinski definition) is 0. The summed E-state index contributed by atoms with van der Waals surface area (Å²) in [5.41, 5.74) is 2.01. The number of imidazole rings is 1. The Labute approximate surface area is 180 Å². The largest absolute Gasteiger partial charge is 0.345 e. The zero-order valence-corrected chi connectivity index (χ0v) is 18.4. The Bertz CT molecular complexity index is 928. The fourth-order valence-electron chi connectivity index (χ4n) is 4.36. The Balaban J connectivity index is 1.33. The van der Waals surface area contributed by atoms with Crippen molar-refractivity contribution in [3.8, 4) is 11.3 Å². The fourth-order valence-corrected chi connectivity index (χ4v) is 5.40. The van der Waals surface area contributed by atoms with Crippen molar-refractivity contribution in [1.82, 2.24) is 24.4 Å². The smallest absolute Gasteiger partial charge is 0.214 e. The average Bonchev–Trinajstić information content (AvgIpc) is 3.20. The maximum absolute atomic E-state index is 6.00. The molecule has 154 valence electrons. The lowest BCUT2D eigenvalue weighted by Crippen LogP contribution is -2.52. The minimum Gasteiger partial charge on any atom is -0.345 e. The first kappa shape index (κ1) is 19.3. The zero-order valence-electron chi connectivity index (χ0n) is 16.8. The van der Waals surface area contributed by atoms with Crippen molar-refractivity contribution in [2.75, 3.05) is 51.2 Å². The summed E-state index contributed by atoms with van der Waals surface area (Å²) in [5.74, 6) is 0. The number of nitrogens with zero attached hydrogens (tertiary/aromatic N) is 6. The first-order valence-electron chi connectivity index (χ1n) is 10.5. The summed E-state index contributed by atoms with van der Waals surface area (Å²) in [6.45, 7) is 6.88. The lowest BCUT2D eigenvalue weighted by molar-refractivity contribution is 0.110. The number of anilines is 1. The van der Waals surface area contributed by atoms with Gasteiger partial charge < -0.3 is 9.80 Å². The molecule has 1 aromatic carbocycles. The maximum atomic E-state index is 6.00. The Kier molecular flexibility index (Phi) is 5.47. The first-order chi connectivity index (χ1) is 14.2. The second kappa shape index (κ2) is 8.22. The molecule has 1 atom stereocenters. The number of piperazine rings is 1. The molecule has 5 rings (SSSR count). The third kappa shape index (κ3) is 4.14. The zero-order chi connectivity index (χ0) is 19.8. The summed E-state index contributed by atoms with van der Waals surface area (Å²) < 4.78 is 1.93. The van der Waals surface area contributed by atoms with E-state index >= 15 is 0 Å². The van der Waals surface area contributed by atoms with Gasteiger partial charge in [-0.05, 0) is 32.0 Å². The van der Waals surface area contributed by atoms with Crippen molar-refractivity contribution in [3.63, 3.8) is 0 Å². The molecule has 0 spiro atoms. The third-order valence-electron chi connectivity index (χ3n) is 6.14. The first-order valence-corrected chi connectivity index (χ1v) is 11.6. The van der Waals surface area contributed by atoms with E-state index in [1.54, 1.807) is 11.3 Å². The van der Waals surface area contributed by atoms with E-state index in [2.05, 4.69) is 21.7 Å². The molecule has 2 aliphatic rings. The minimum atomic E-state index is 0.632. The molecule has 0 saturated carbocycles. The number of benzene rings is 1. The van der Waals surface area contributed by atoms with E-state index < -0.39 is 0 Å². The Morgan fingerprint density at radius 3 is 2.59 bits per heavy atom. The van der Waals surface area contributed by atoms with Crippen LogP contribution in [-0.2, 0) is 0 Å². The summed E-state index contributed by atoms with van der Waals surface area (Å²) in [5, 5.41) is 6.71. The van der Waals surface area contributed by atoms with Crippen molar-refractivity contribution in [3.05, 3.63) is 35.5 Å². The Morgan fingerprint density at radius 1 is 1.03 bits per heavy atom. The molecule has 0 aliphatic carbocycles. The highest BCUT2D eigenvalue weighted by molar-refractivity contribution is 7.20. The van der Waals surface area contributed by atoms with Gasteiger partial charge in [0.25, 0.3) is 0 Å². The van der Waals surface area contributed by atoms with Crippen LogP contribution in [0.1, 0.15) is 19.3 Å². The van der Waals surface area contributed by atoms with Crippen molar-refractivity contribution in [1.29, 1.82) is 0 Å². The molecular formula is C21H27ClN6S. The summed E-state index contributed by atoms with van der Waals surface area (Å²) in [7, 11) is 2.22. The van der Waals surface area contributed by atoms with Gasteiger partial charge in [-0.25, -0.2) is 9.50 Å². The summed E-state index contributed by atoms with van der Waals surface area (Å²) >= 11 is 7.70. The minimum absolute atomic E-state index is 0.632. The van der Waals surface area contributed by atoms with Crippen LogP contribution in [0.25, 0.3) is 16.2 Å². The van der Waals surface area contributed by atoms with E-state index in [9.17, 15) is 0 Å². The number of halogens is 1. The van der Waals surface area contributed by atoms with Gasteiger partial charge in [0.05, 0.1) is 11.9 Å². The summed E-state index contributed by atoms with van der Waals surface area (Å²) in [4.78, 5) is 13.4. The van der Waals surface area contributed by atoms with Crippen LogP contribution in [0.4, 0.5) is 5.13 Å². The number of likely N-dealkylation sites (N-methyl/N-ethyl adjacent to an activating group) is 1. The Morgan fingerprint density at radius 2 is 1.83 bits per heavy atom. The highest BCUT2D eigenvalue weighted by atomic mass is 35.5. The van der Waals surface area contributed by atoms with E-state index in [-0.39, 0.29) is 0 Å². The normalized spacial score (nSPS) is 22.3. The molecule has 0 amide bonds. The van der Waals surface area contributed by atoms with Gasteiger partial charge in [0, 0.05) is 55.9 Å². The van der Waals surface area contributed by atoms with Crippen molar-refractivity contribution < 1.29 is 0 Å². The van der Waals surface area contributed by atoms with Crippen molar-refractivity contribution in [2.24, 2.45) is 0 Å². The van der Waals surface area contributed by atoms with Crippen LogP contribution in [0.3, 0.4) is 0 Å². The summed E-state index contributed by atoms with van der Waals surface area (Å²) in [6.07, 6.45) is 5.86. The van der Waals surface area contributed by atoms with E-state index in [4.69, 9.17) is 21.7 Å². The molecule has 8 heteroatoms. The monoisotopic (exact) mass is 430 g/mol. The molecule has 29 heavy (non-hydrogen) atoms. The number of rotatable bonds is 3. The van der Waals surface area contributed by atoms with Crippen LogP contribution in [-0.4, -0.2) is 76.8 Å². The number of fused-ring (bicyclic) bond motifs is 1. The molecule has 0 radical (unpaired) electrons. The topological polar surface area (TPSA) is 39.9 Å². The average molecular weight is 431 g/mol. The van der Waals surface area contributed by atoms with Gasteiger partial charge in [0.1, 0.15) is 0 Å². The van der Waals surface area contributed by atoms with Gasteiger partial charge in [-0.3, -0.25) is 4.90 Å². The highest BCUT2D eigenvalue weighted by Gasteiger charge is 2.27. The SMILES string of the molecule is CN1CCN(C2CCCCN(c3nn4cc(-c5ccc(Cl)cc5)nc4s3)C2)CC1. The van der Waals surface area contributed by atoms with Gasteiger partial charge in [-0.15, -0.1) is 5.10 Å². The van der Waals surface area contributed by atoms with E-state index in [0.717, 1.165) is 39.5 Å². The van der Waals surface area contributed by atoms with Gasteiger partial charge in [0.2, 0.25) is 10.1 Å². The number of hydrogen-bond acceptors (Lipinski definition) is 6. The second-order valence-corrected chi connectivity index (χ2v) is 9.55. The Hall–Kier alpha value is -1.67. The van der Waals surface area contributed by atoms with Gasteiger partial charge in [0.15, 0.2) is 0 Å². The molecular weight excluding hydrogens is 404 g/mol. The van der Waals surface area contributed by atoms with Crippen molar-refractivity contribution in [2.45, 2.75) is 25.3 Å². The highest BCUT2D eigenvalue weighted by Crippen LogP contribution is 2.29. The number of aromatic nitrogens is 3. The predicted octanol–water partition coefficient (Wildman–Crippen LogP) is 3.72.